The normalized spacial score (nSPS) is 17.2. The van der Waals surface area contributed by atoms with Crippen LogP contribution in [0.4, 0.5) is 11.4 Å². The second kappa shape index (κ2) is 6.70. The van der Waals surface area contributed by atoms with E-state index in [1.807, 2.05) is 31.7 Å². The molecule has 2 rings (SSSR count). The zero-order chi connectivity index (χ0) is 18.0. The molecule has 0 unspecified atom stereocenters. The molecule has 0 spiro atoms. The highest BCUT2D eigenvalue weighted by atomic mass is 16.6. The maximum absolute atomic E-state index is 12.0. The molecule has 24 heavy (non-hydrogen) atoms. The lowest BCUT2D eigenvalue weighted by Crippen LogP contribution is -2.46. The number of esters is 1. The molecule has 1 fully saturated rings. The smallest absolute Gasteiger partial charge is 0.309 e. The number of carbonyl (C=O) groups excluding carboxylic acids is 1. The van der Waals surface area contributed by atoms with Gasteiger partial charge in [0.2, 0.25) is 0 Å². The average molecular weight is 331 g/mol. The topological polar surface area (TPSA) is 99.6 Å². The van der Waals surface area contributed by atoms with Crippen molar-refractivity contribution in [2.24, 2.45) is 0 Å². The van der Waals surface area contributed by atoms with Crippen LogP contribution in [0, 0.1) is 11.3 Å². The first-order valence-corrected chi connectivity index (χ1v) is 8.11. The maximum Gasteiger partial charge on any atom is 0.309 e. The number of nitrogens with zero attached hydrogens (tertiary/aromatic N) is 2. The van der Waals surface area contributed by atoms with Gasteiger partial charge in [0, 0.05) is 18.8 Å². The van der Waals surface area contributed by atoms with E-state index in [1.165, 1.54) is 0 Å². The summed E-state index contributed by atoms with van der Waals surface area (Å²) in [5.41, 5.74) is 5.99. The Bertz CT molecular complexity index is 650. The van der Waals surface area contributed by atoms with Crippen LogP contribution in [0.15, 0.2) is 18.2 Å². The number of ether oxygens (including phenoxy) is 1. The number of rotatable bonds is 3. The number of nitrogens with two attached hydrogens (primary N) is 1. The van der Waals surface area contributed by atoms with Crippen LogP contribution in [0.1, 0.15) is 45.6 Å². The van der Waals surface area contributed by atoms with Crippen LogP contribution >= 0.6 is 0 Å². The number of hydrogen-bond donors (Lipinski definition) is 2. The Morgan fingerprint density at radius 3 is 2.58 bits per heavy atom. The second-order valence-electron chi connectivity index (χ2n) is 7.36. The van der Waals surface area contributed by atoms with E-state index in [9.17, 15) is 15.2 Å². The summed E-state index contributed by atoms with van der Waals surface area (Å²) in [6.45, 7) is 6.56. The molecule has 6 nitrogen and oxygen atoms in total. The predicted molar refractivity (Wildman–Crippen MR) is 92.4 cm³/mol. The van der Waals surface area contributed by atoms with Crippen molar-refractivity contribution in [1.82, 2.24) is 0 Å². The third-order valence-electron chi connectivity index (χ3n) is 4.07. The zero-order valence-electron chi connectivity index (χ0n) is 14.5. The van der Waals surface area contributed by atoms with Gasteiger partial charge in [0.1, 0.15) is 11.7 Å². The molecule has 1 aliphatic heterocycles. The van der Waals surface area contributed by atoms with Gasteiger partial charge in [-0.2, -0.15) is 5.26 Å². The quantitative estimate of drug-likeness (QED) is 0.650. The highest BCUT2D eigenvalue weighted by molar-refractivity contribution is 5.71. The minimum Gasteiger partial charge on any atom is -0.460 e. The fourth-order valence-corrected chi connectivity index (χ4v) is 2.91. The monoisotopic (exact) mass is 331 g/mol. The van der Waals surface area contributed by atoms with E-state index in [0.29, 0.717) is 37.2 Å². The number of piperidine rings is 1. The van der Waals surface area contributed by atoms with Crippen LogP contribution < -0.4 is 10.6 Å². The third kappa shape index (κ3) is 4.62. The standard InChI is InChI=1S/C18H25N3O3/c1-17(2,3)24-16(22)11-18(23)6-8-21(9-7-18)15-5-4-14(20)10-13(15)12-19/h4-5,10,23H,6-9,11,20H2,1-3H3. The SMILES string of the molecule is CC(C)(C)OC(=O)CC1(O)CCN(c2ccc(N)cc2C#N)CC1. The van der Waals surface area contributed by atoms with Crippen molar-refractivity contribution in [3.05, 3.63) is 23.8 Å². The summed E-state index contributed by atoms with van der Waals surface area (Å²) >= 11 is 0. The summed E-state index contributed by atoms with van der Waals surface area (Å²) in [4.78, 5) is 14.0. The fourth-order valence-electron chi connectivity index (χ4n) is 2.91. The number of anilines is 2. The van der Waals surface area contributed by atoms with Gasteiger partial charge in [0.15, 0.2) is 0 Å². The maximum atomic E-state index is 12.0. The first kappa shape index (κ1) is 18.1. The molecule has 0 bridgehead atoms. The molecule has 1 heterocycles. The molecule has 1 aromatic carbocycles. The van der Waals surface area contributed by atoms with Crippen LogP contribution in [-0.4, -0.2) is 35.4 Å². The molecule has 1 saturated heterocycles. The molecular formula is C18H25N3O3. The van der Waals surface area contributed by atoms with E-state index in [-0.39, 0.29) is 12.4 Å². The molecule has 0 radical (unpaired) electrons. The van der Waals surface area contributed by atoms with Gasteiger partial charge in [0.05, 0.1) is 23.3 Å². The van der Waals surface area contributed by atoms with Crippen LogP contribution in [-0.2, 0) is 9.53 Å². The Morgan fingerprint density at radius 1 is 1.42 bits per heavy atom. The lowest BCUT2D eigenvalue weighted by atomic mass is 9.87. The van der Waals surface area contributed by atoms with Gasteiger partial charge >= 0.3 is 5.97 Å². The largest absolute Gasteiger partial charge is 0.460 e. The highest BCUT2D eigenvalue weighted by Crippen LogP contribution is 2.31. The van der Waals surface area contributed by atoms with Gasteiger partial charge in [-0.1, -0.05) is 0 Å². The van der Waals surface area contributed by atoms with E-state index in [0.717, 1.165) is 5.69 Å². The van der Waals surface area contributed by atoms with E-state index in [1.54, 1.807) is 12.1 Å². The number of nitriles is 1. The van der Waals surface area contributed by atoms with E-state index in [4.69, 9.17) is 10.5 Å². The van der Waals surface area contributed by atoms with Crippen molar-refractivity contribution in [2.45, 2.75) is 51.2 Å². The molecule has 0 aliphatic carbocycles. The Balaban J connectivity index is 2.00. The fraction of sp³-hybridized carbons (Fsp3) is 0.556. The van der Waals surface area contributed by atoms with E-state index < -0.39 is 11.2 Å². The van der Waals surface area contributed by atoms with Crippen LogP contribution in [0.3, 0.4) is 0 Å². The molecule has 6 heteroatoms. The third-order valence-corrected chi connectivity index (χ3v) is 4.07. The van der Waals surface area contributed by atoms with Crippen LogP contribution in [0.5, 0.6) is 0 Å². The first-order chi connectivity index (χ1) is 11.1. The molecule has 0 atom stereocenters. The summed E-state index contributed by atoms with van der Waals surface area (Å²) in [6.07, 6.45) is 0.883. The minimum atomic E-state index is -1.06. The van der Waals surface area contributed by atoms with Gasteiger partial charge < -0.3 is 20.5 Å². The van der Waals surface area contributed by atoms with Crippen molar-refractivity contribution in [2.75, 3.05) is 23.7 Å². The van der Waals surface area contributed by atoms with Crippen molar-refractivity contribution < 1.29 is 14.6 Å². The molecule has 3 N–H and O–H groups in total. The minimum absolute atomic E-state index is 0.00897. The summed E-state index contributed by atoms with van der Waals surface area (Å²) in [6, 6.07) is 7.39. The molecule has 130 valence electrons. The molecule has 1 aliphatic rings. The number of aliphatic hydroxyl groups is 1. The van der Waals surface area contributed by atoms with Gasteiger partial charge in [-0.3, -0.25) is 4.79 Å². The van der Waals surface area contributed by atoms with Gasteiger partial charge in [-0.05, 0) is 51.8 Å². The summed E-state index contributed by atoms with van der Waals surface area (Å²) in [5, 5.41) is 19.9. The van der Waals surface area contributed by atoms with Crippen molar-refractivity contribution in [3.63, 3.8) is 0 Å². The molecule has 1 aromatic rings. The molecule has 0 aromatic heterocycles. The number of benzene rings is 1. The Labute approximate surface area is 142 Å². The first-order valence-electron chi connectivity index (χ1n) is 8.11. The van der Waals surface area contributed by atoms with Gasteiger partial charge in [-0.15, -0.1) is 0 Å². The van der Waals surface area contributed by atoms with Crippen molar-refractivity contribution in [3.8, 4) is 6.07 Å². The Kier molecular flexibility index (Phi) is 5.05. The summed E-state index contributed by atoms with van der Waals surface area (Å²) in [7, 11) is 0. The summed E-state index contributed by atoms with van der Waals surface area (Å²) < 4.78 is 5.30. The lowest BCUT2D eigenvalue weighted by Gasteiger charge is -2.39. The van der Waals surface area contributed by atoms with E-state index in [2.05, 4.69) is 6.07 Å². The van der Waals surface area contributed by atoms with E-state index >= 15 is 0 Å². The summed E-state index contributed by atoms with van der Waals surface area (Å²) in [5.74, 6) is -0.386. The Morgan fingerprint density at radius 2 is 2.04 bits per heavy atom. The number of nitrogen functional groups attached to an aromatic ring is 1. The average Bonchev–Trinajstić information content (AvgIpc) is 2.45. The van der Waals surface area contributed by atoms with Gasteiger partial charge in [-0.25, -0.2) is 0 Å². The molecule has 0 saturated carbocycles. The molecule has 0 amide bonds. The number of hydrogen-bond acceptors (Lipinski definition) is 6. The second-order valence-corrected chi connectivity index (χ2v) is 7.36. The van der Waals surface area contributed by atoms with Crippen molar-refractivity contribution >= 4 is 17.3 Å². The predicted octanol–water partition coefficient (Wildman–Crippen LogP) is 2.20. The van der Waals surface area contributed by atoms with Gasteiger partial charge in [0.25, 0.3) is 0 Å². The lowest BCUT2D eigenvalue weighted by molar-refractivity contribution is -0.161. The highest BCUT2D eigenvalue weighted by Gasteiger charge is 2.36. The Hall–Kier alpha value is -2.26. The van der Waals surface area contributed by atoms with Crippen molar-refractivity contribution in [1.29, 1.82) is 5.26 Å². The van der Waals surface area contributed by atoms with Crippen LogP contribution in [0.2, 0.25) is 0 Å². The zero-order valence-corrected chi connectivity index (χ0v) is 14.5. The number of carbonyl (C=O) groups is 1. The molecular weight excluding hydrogens is 306 g/mol. The van der Waals surface area contributed by atoms with Crippen LogP contribution in [0.25, 0.3) is 0 Å².